The number of nitrogen functional groups attached to an aromatic ring is 1. The van der Waals surface area contributed by atoms with E-state index in [9.17, 15) is 4.79 Å². The van der Waals surface area contributed by atoms with E-state index in [1.54, 1.807) is 11.4 Å². The first-order chi connectivity index (χ1) is 6.69. The van der Waals surface area contributed by atoms with Gasteiger partial charge < -0.3 is 10.5 Å². The zero-order valence-corrected chi connectivity index (χ0v) is 9.26. The number of thiophene rings is 1. The van der Waals surface area contributed by atoms with E-state index in [0.717, 1.165) is 12.8 Å². The SMILES string of the molecule is CCC(CC)OC(=O)c1sccc1N. The van der Waals surface area contributed by atoms with Crippen LogP contribution in [0.5, 0.6) is 0 Å². The van der Waals surface area contributed by atoms with Crippen molar-refractivity contribution in [1.29, 1.82) is 0 Å². The Morgan fingerprint density at radius 2 is 2.21 bits per heavy atom. The van der Waals surface area contributed by atoms with Gasteiger partial charge in [-0.3, -0.25) is 0 Å². The molecule has 0 unspecified atom stereocenters. The van der Waals surface area contributed by atoms with Crippen molar-refractivity contribution >= 4 is 23.0 Å². The number of ether oxygens (including phenoxy) is 1. The zero-order chi connectivity index (χ0) is 10.6. The number of nitrogens with two attached hydrogens (primary N) is 1. The van der Waals surface area contributed by atoms with Crippen LogP contribution in [-0.2, 0) is 4.74 Å². The van der Waals surface area contributed by atoms with Gasteiger partial charge in [0.05, 0.1) is 5.69 Å². The monoisotopic (exact) mass is 213 g/mol. The van der Waals surface area contributed by atoms with Crippen LogP contribution in [0, 0.1) is 0 Å². The molecule has 4 heteroatoms. The molecule has 78 valence electrons. The minimum Gasteiger partial charge on any atom is -0.458 e. The lowest BCUT2D eigenvalue weighted by molar-refractivity contribution is 0.0291. The Bertz CT molecular complexity index is 305. The maximum Gasteiger partial charge on any atom is 0.350 e. The highest BCUT2D eigenvalue weighted by Crippen LogP contribution is 2.21. The topological polar surface area (TPSA) is 52.3 Å². The summed E-state index contributed by atoms with van der Waals surface area (Å²) >= 11 is 1.32. The maximum absolute atomic E-state index is 11.6. The number of esters is 1. The maximum atomic E-state index is 11.6. The Kier molecular flexibility index (Phi) is 3.95. The van der Waals surface area contributed by atoms with Gasteiger partial charge in [-0.25, -0.2) is 4.79 Å². The Labute approximate surface area is 87.9 Å². The molecule has 0 fully saturated rings. The Morgan fingerprint density at radius 1 is 1.57 bits per heavy atom. The number of anilines is 1. The predicted molar refractivity (Wildman–Crippen MR) is 58.5 cm³/mol. The lowest BCUT2D eigenvalue weighted by atomic mass is 10.2. The lowest BCUT2D eigenvalue weighted by Gasteiger charge is -2.13. The second-order valence-electron chi connectivity index (χ2n) is 3.05. The minimum atomic E-state index is -0.300. The summed E-state index contributed by atoms with van der Waals surface area (Å²) in [5.41, 5.74) is 6.12. The van der Waals surface area contributed by atoms with Crippen molar-refractivity contribution in [2.24, 2.45) is 0 Å². The van der Waals surface area contributed by atoms with Crippen molar-refractivity contribution in [1.82, 2.24) is 0 Å². The fraction of sp³-hybridized carbons (Fsp3) is 0.500. The molecule has 0 aromatic carbocycles. The van der Waals surface area contributed by atoms with Crippen LogP contribution in [0.4, 0.5) is 5.69 Å². The van der Waals surface area contributed by atoms with E-state index in [0.29, 0.717) is 10.6 Å². The van der Waals surface area contributed by atoms with Gasteiger partial charge in [-0.2, -0.15) is 0 Å². The van der Waals surface area contributed by atoms with E-state index in [2.05, 4.69) is 0 Å². The molecular formula is C10H15NO2S. The third kappa shape index (κ3) is 2.48. The summed E-state index contributed by atoms with van der Waals surface area (Å²) < 4.78 is 5.27. The molecule has 0 saturated heterocycles. The average molecular weight is 213 g/mol. The van der Waals surface area contributed by atoms with Crippen LogP contribution in [0.1, 0.15) is 36.4 Å². The van der Waals surface area contributed by atoms with Crippen LogP contribution in [0.25, 0.3) is 0 Å². The van der Waals surface area contributed by atoms with Gasteiger partial charge >= 0.3 is 5.97 Å². The van der Waals surface area contributed by atoms with E-state index in [1.807, 2.05) is 13.8 Å². The number of carbonyl (C=O) groups is 1. The first-order valence-corrected chi connectivity index (χ1v) is 5.60. The molecule has 2 N–H and O–H groups in total. The van der Waals surface area contributed by atoms with Crippen LogP contribution in [-0.4, -0.2) is 12.1 Å². The van der Waals surface area contributed by atoms with E-state index < -0.39 is 0 Å². The summed E-state index contributed by atoms with van der Waals surface area (Å²) in [6, 6.07) is 1.72. The van der Waals surface area contributed by atoms with E-state index in [4.69, 9.17) is 10.5 Å². The van der Waals surface area contributed by atoms with Gasteiger partial charge in [0.25, 0.3) is 0 Å². The Hall–Kier alpha value is -1.03. The van der Waals surface area contributed by atoms with Crippen LogP contribution < -0.4 is 5.73 Å². The molecule has 0 aliphatic carbocycles. The second kappa shape index (κ2) is 5.00. The minimum absolute atomic E-state index is 0.00370. The molecule has 0 spiro atoms. The summed E-state index contributed by atoms with van der Waals surface area (Å²) in [7, 11) is 0. The summed E-state index contributed by atoms with van der Waals surface area (Å²) in [6.07, 6.45) is 1.69. The molecule has 1 heterocycles. The molecule has 3 nitrogen and oxygen atoms in total. The molecule has 0 amide bonds. The fourth-order valence-electron chi connectivity index (χ4n) is 1.15. The van der Waals surface area contributed by atoms with Crippen LogP contribution in [0.15, 0.2) is 11.4 Å². The molecule has 0 radical (unpaired) electrons. The quantitative estimate of drug-likeness (QED) is 0.782. The number of hydrogen-bond acceptors (Lipinski definition) is 4. The van der Waals surface area contributed by atoms with Gasteiger partial charge in [-0.05, 0) is 24.3 Å². The van der Waals surface area contributed by atoms with Gasteiger partial charge in [0, 0.05) is 0 Å². The summed E-state index contributed by atoms with van der Waals surface area (Å²) in [5.74, 6) is -0.300. The highest BCUT2D eigenvalue weighted by molar-refractivity contribution is 7.12. The Morgan fingerprint density at radius 3 is 2.64 bits per heavy atom. The number of rotatable bonds is 4. The Balaban J connectivity index is 2.63. The van der Waals surface area contributed by atoms with Gasteiger partial charge in [0.1, 0.15) is 11.0 Å². The van der Waals surface area contributed by atoms with Gasteiger partial charge in [0.2, 0.25) is 0 Å². The van der Waals surface area contributed by atoms with Crippen LogP contribution in [0.2, 0.25) is 0 Å². The molecule has 0 aliphatic heterocycles. The van der Waals surface area contributed by atoms with E-state index in [-0.39, 0.29) is 12.1 Å². The predicted octanol–water partition coefficient (Wildman–Crippen LogP) is 2.68. The molecule has 1 aromatic rings. The van der Waals surface area contributed by atoms with Gasteiger partial charge in [-0.1, -0.05) is 13.8 Å². The van der Waals surface area contributed by atoms with Crippen molar-refractivity contribution in [2.45, 2.75) is 32.8 Å². The van der Waals surface area contributed by atoms with Crippen molar-refractivity contribution in [2.75, 3.05) is 5.73 Å². The van der Waals surface area contributed by atoms with Crippen molar-refractivity contribution in [3.63, 3.8) is 0 Å². The highest BCUT2D eigenvalue weighted by Gasteiger charge is 2.16. The number of hydrogen-bond donors (Lipinski definition) is 1. The zero-order valence-electron chi connectivity index (χ0n) is 8.45. The third-order valence-electron chi connectivity index (χ3n) is 2.07. The van der Waals surface area contributed by atoms with Gasteiger partial charge in [-0.15, -0.1) is 11.3 Å². The molecular weight excluding hydrogens is 198 g/mol. The van der Waals surface area contributed by atoms with Crippen molar-refractivity contribution in [3.8, 4) is 0 Å². The second-order valence-corrected chi connectivity index (χ2v) is 3.96. The molecule has 0 saturated carbocycles. The van der Waals surface area contributed by atoms with Crippen molar-refractivity contribution in [3.05, 3.63) is 16.3 Å². The largest absolute Gasteiger partial charge is 0.458 e. The van der Waals surface area contributed by atoms with E-state index >= 15 is 0 Å². The molecule has 14 heavy (non-hydrogen) atoms. The number of carbonyl (C=O) groups excluding carboxylic acids is 1. The summed E-state index contributed by atoms with van der Waals surface area (Å²) in [4.78, 5) is 12.1. The average Bonchev–Trinajstić information content (AvgIpc) is 2.60. The van der Waals surface area contributed by atoms with Crippen LogP contribution in [0.3, 0.4) is 0 Å². The van der Waals surface area contributed by atoms with Crippen molar-refractivity contribution < 1.29 is 9.53 Å². The summed E-state index contributed by atoms with van der Waals surface area (Å²) in [5, 5.41) is 1.79. The molecule has 0 bridgehead atoms. The standard InChI is InChI=1S/C10H15NO2S/c1-3-7(4-2)13-10(12)9-8(11)5-6-14-9/h5-7H,3-4,11H2,1-2H3. The molecule has 1 aromatic heterocycles. The van der Waals surface area contributed by atoms with Gasteiger partial charge in [0.15, 0.2) is 0 Å². The molecule has 0 atom stereocenters. The normalized spacial score (nSPS) is 10.5. The summed E-state index contributed by atoms with van der Waals surface area (Å²) in [6.45, 7) is 4.00. The first-order valence-electron chi connectivity index (χ1n) is 4.73. The lowest BCUT2D eigenvalue weighted by Crippen LogP contribution is -2.16. The fourth-order valence-corrected chi connectivity index (χ4v) is 1.84. The van der Waals surface area contributed by atoms with Crippen LogP contribution >= 0.6 is 11.3 Å². The molecule has 1 rings (SSSR count). The smallest absolute Gasteiger partial charge is 0.350 e. The molecule has 0 aliphatic rings. The highest BCUT2D eigenvalue weighted by atomic mass is 32.1. The van der Waals surface area contributed by atoms with E-state index in [1.165, 1.54) is 11.3 Å². The first kappa shape index (κ1) is 11.0. The third-order valence-corrected chi connectivity index (χ3v) is 2.98.